The van der Waals surface area contributed by atoms with Crippen LogP contribution in [0.25, 0.3) is 55.8 Å². The Morgan fingerprint density at radius 3 is 2.70 bits per heavy atom. The highest BCUT2D eigenvalue weighted by Gasteiger charge is 2.17. The van der Waals surface area contributed by atoms with Crippen molar-refractivity contribution in [3.63, 3.8) is 0 Å². The number of ether oxygens (including phenoxy) is 1. The molecule has 0 spiro atoms. The van der Waals surface area contributed by atoms with E-state index in [0.717, 1.165) is 34.1 Å². The van der Waals surface area contributed by atoms with Crippen molar-refractivity contribution in [3.05, 3.63) is 66.9 Å². The summed E-state index contributed by atoms with van der Waals surface area (Å²) in [5, 5.41) is 12.8. The van der Waals surface area contributed by atoms with E-state index in [1.54, 1.807) is 16.9 Å². The van der Waals surface area contributed by atoms with Gasteiger partial charge in [0.25, 0.3) is 0 Å². The van der Waals surface area contributed by atoms with E-state index >= 15 is 0 Å². The number of imidazole rings is 1. The average Bonchev–Trinajstić information content (AvgIpc) is 3.60. The van der Waals surface area contributed by atoms with Gasteiger partial charge in [0.15, 0.2) is 5.82 Å². The lowest BCUT2D eigenvalue weighted by Crippen LogP contribution is -2.19. The van der Waals surface area contributed by atoms with Crippen molar-refractivity contribution >= 4 is 21.9 Å². The van der Waals surface area contributed by atoms with Gasteiger partial charge in [-0.15, -0.1) is 0 Å². The van der Waals surface area contributed by atoms with Crippen molar-refractivity contribution in [2.75, 3.05) is 27.2 Å². The molecule has 0 aliphatic carbocycles. The highest BCUT2D eigenvalue weighted by molar-refractivity contribution is 5.97. The number of fused-ring (bicyclic) bond motifs is 2. The third-order valence-electron chi connectivity index (χ3n) is 6.18. The molecule has 0 aliphatic heterocycles. The smallest absolute Gasteiger partial charge is 0.159 e. The standard InChI is InChI=1S/C27H25FN8O/c1-35(2)8-9-37-20-11-17(10-19(28)13-20)24-26-23(6-7-29-24)31-27(32-26)25-21-12-16(4-5-22(21)33-34-25)18-14-30-36(3)15-18/h4-7,10-15H,8-9H2,1-3H3,(H,31,32)(H,33,34). The minimum absolute atomic E-state index is 0.395. The number of nitrogens with one attached hydrogen (secondary N) is 2. The first kappa shape index (κ1) is 22.9. The van der Waals surface area contributed by atoms with Gasteiger partial charge in [0.2, 0.25) is 0 Å². The molecule has 10 heteroatoms. The Labute approximate surface area is 211 Å². The van der Waals surface area contributed by atoms with Gasteiger partial charge in [-0.3, -0.25) is 14.8 Å². The molecule has 186 valence electrons. The summed E-state index contributed by atoms with van der Waals surface area (Å²) in [6, 6.07) is 12.6. The van der Waals surface area contributed by atoms with E-state index in [4.69, 9.17) is 9.72 Å². The highest BCUT2D eigenvalue weighted by Crippen LogP contribution is 2.33. The number of pyridine rings is 1. The van der Waals surface area contributed by atoms with Crippen LogP contribution in [-0.2, 0) is 7.05 Å². The molecule has 4 heterocycles. The molecule has 0 aliphatic rings. The lowest BCUT2D eigenvalue weighted by atomic mass is 10.1. The van der Waals surface area contributed by atoms with Crippen molar-refractivity contribution in [2.45, 2.75) is 0 Å². The van der Waals surface area contributed by atoms with Crippen LogP contribution in [0.3, 0.4) is 0 Å². The predicted molar refractivity (Wildman–Crippen MR) is 141 cm³/mol. The lowest BCUT2D eigenvalue weighted by molar-refractivity contribution is 0.260. The molecule has 2 N–H and O–H groups in total. The van der Waals surface area contributed by atoms with Crippen molar-refractivity contribution < 1.29 is 9.13 Å². The average molecular weight is 497 g/mol. The van der Waals surface area contributed by atoms with Crippen LogP contribution in [0.4, 0.5) is 4.39 Å². The monoisotopic (exact) mass is 496 g/mol. The maximum atomic E-state index is 14.5. The number of rotatable bonds is 7. The fraction of sp³-hybridized carbons (Fsp3) is 0.185. The van der Waals surface area contributed by atoms with Gasteiger partial charge in [0.05, 0.1) is 22.9 Å². The number of halogens is 1. The predicted octanol–water partition coefficient (Wildman–Crippen LogP) is 4.65. The van der Waals surface area contributed by atoms with Gasteiger partial charge in [-0.1, -0.05) is 6.07 Å². The number of aromatic amines is 2. The molecule has 6 rings (SSSR count). The zero-order valence-corrected chi connectivity index (χ0v) is 20.7. The molecule has 0 fully saturated rings. The van der Waals surface area contributed by atoms with Crippen LogP contribution in [-0.4, -0.2) is 67.1 Å². The zero-order valence-electron chi connectivity index (χ0n) is 20.7. The van der Waals surface area contributed by atoms with Crippen LogP contribution in [0, 0.1) is 5.82 Å². The van der Waals surface area contributed by atoms with E-state index < -0.39 is 5.82 Å². The summed E-state index contributed by atoms with van der Waals surface area (Å²) in [6.45, 7) is 1.18. The maximum absolute atomic E-state index is 14.5. The van der Waals surface area contributed by atoms with Gasteiger partial charge in [0.1, 0.15) is 29.4 Å². The second kappa shape index (κ2) is 9.14. The van der Waals surface area contributed by atoms with Crippen molar-refractivity contribution in [1.29, 1.82) is 0 Å². The number of aromatic nitrogens is 7. The third-order valence-corrected chi connectivity index (χ3v) is 6.18. The largest absolute Gasteiger partial charge is 0.492 e. The molecule has 4 aromatic heterocycles. The van der Waals surface area contributed by atoms with Crippen LogP contribution in [0.15, 0.2) is 61.1 Å². The summed E-state index contributed by atoms with van der Waals surface area (Å²) in [5.74, 6) is 0.651. The topological polar surface area (TPSA) is 101 Å². The molecule has 37 heavy (non-hydrogen) atoms. The Bertz CT molecular complexity index is 1730. The molecule has 6 aromatic rings. The quantitative estimate of drug-likeness (QED) is 0.334. The normalized spacial score (nSPS) is 11.7. The summed E-state index contributed by atoms with van der Waals surface area (Å²) < 4.78 is 22.1. The van der Waals surface area contributed by atoms with Gasteiger partial charge in [0, 0.05) is 48.6 Å². The minimum Gasteiger partial charge on any atom is -0.492 e. The van der Waals surface area contributed by atoms with E-state index in [9.17, 15) is 4.39 Å². The van der Waals surface area contributed by atoms with Gasteiger partial charge in [-0.05, 0) is 50.0 Å². The van der Waals surface area contributed by atoms with Crippen molar-refractivity contribution in [1.82, 2.24) is 39.8 Å². The molecular weight excluding hydrogens is 471 g/mol. The van der Waals surface area contributed by atoms with Gasteiger partial charge < -0.3 is 14.6 Å². The first-order valence-electron chi connectivity index (χ1n) is 11.9. The molecule has 2 aromatic carbocycles. The second-order valence-corrected chi connectivity index (χ2v) is 9.20. The number of benzene rings is 2. The van der Waals surface area contributed by atoms with Crippen LogP contribution >= 0.6 is 0 Å². The van der Waals surface area contributed by atoms with E-state index in [2.05, 4.69) is 31.3 Å². The Hall–Kier alpha value is -4.57. The van der Waals surface area contributed by atoms with Gasteiger partial charge in [-0.2, -0.15) is 10.2 Å². The summed E-state index contributed by atoms with van der Waals surface area (Å²) >= 11 is 0. The Balaban J connectivity index is 1.40. The van der Waals surface area contributed by atoms with E-state index in [1.807, 2.05) is 56.6 Å². The van der Waals surface area contributed by atoms with Crippen molar-refractivity contribution in [2.24, 2.45) is 7.05 Å². The number of hydrogen-bond donors (Lipinski definition) is 2. The minimum atomic E-state index is -0.395. The number of aryl methyl sites for hydroxylation is 1. The number of H-pyrrole nitrogens is 2. The van der Waals surface area contributed by atoms with E-state index in [1.165, 1.54) is 12.1 Å². The van der Waals surface area contributed by atoms with Gasteiger partial charge in [-0.25, -0.2) is 9.37 Å². The first-order valence-corrected chi connectivity index (χ1v) is 11.9. The summed E-state index contributed by atoms with van der Waals surface area (Å²) in [7, 11) is 5.81. The van der Waals surface area contributed by atoms with Gasteiger partial charge >= 0.3 is 0 Å². The molecule has 0 bridgehead atoms. The van der Waals surface area contributed by atoms with Crippen LogP contribution < -0.4 is 4.74 Å². The molecular formula is C27H25FN8O. The first-order chi connectivity index (χ1) is 17.9. The number of nitrogens with zero attached hydrogens (tertiary/aromatic N) is 6. The second-order valence-electron chi connectivity index (χ2n) is 9.20. The van der Waals surface area contributed by atoms with Crippen LogP contribution in [0.2, 0.25) is 0 Å². The highest BCUT2D eigenvalue weighted by atomic mass is 19.1. The fourth-order valence-corrected chi connectivity index (χ4v) is 4.33. The molecule has 0 radical (unpaired) electrons. The number of hydrogen-bond acceptors (Lipinski definition) is 6. The summed E-state index contributed by atoms with van der Waals surface area (Å²) in [6.07, 6.45) is 5.48. The zero-order chi connectivity index (χ0) is 25.5. The molecule has 0 saturated carbocycles. The van der Waals surface area contributed by atoms with Crippen LogP contribution in [0.1, 0.15) is 0 Å². The SMILES string of the molecule is CN(C)CCOc1cc(F)cc(-c2nccc3[nH]c(-c4n[nH]c5ccc(-c6cnn(C)c6)cc45)nc23)c1. The van der Waals surface area contributed by atoms with Crippen LogP contribution in [0.5, 0.6) is 5.75 Å². The summed E-state index contributed by atoms with van der Waals surface area (Å²) in [4.78, 5) is 14.7. The molecule has 0 atom stereocenters. The summed E-state index contributed by atoms with van der Waals surface area (Å²) in [5.41, 5.74) is 6.19. The Morgan fingerprint density at radius 2 is 1.89 bits per heavy atom. The fourth-order valence-electron chi connectivity index (χ4n) is 4.33. The molecule has 0 saturated heterocycles. The molecule has 0 amide bonds. The number of likely N-dealkylation sites (N-methyl/N-ethyl adjacent to an activating group) is 1. The lowest BCUT2D eigenvalue weighted by Gasteiger charge is -2.12. The maximum Gasteiger partial charge on any atom is 0.159 e. The Morgan fingerprint density at radius 1 is 1.00 bits per heavy atom. The van der Waals surface area contributed by atoms with E-state index in [0.29, 0.717) is 40.6 Å². The van der Waals surface area contributed by atoms with Crippen molar-refractivity contribution in [3.8, 4) is 39.7 Å². The molecule has 9 nitrogen and oxygen atoms in total. The Kier molecular flexibility index (Phi) is 5.65. The van der Waals surface area contributed by atoms with E-state index in [-0.39, 0.29) is 0 Å². The molecule has 0 unspecified atom stereocenters. The third kappa shape index (κ3) is 4.43.